The summed E-state index contributed by atoms with van der Waals surface area (Å²) in [5.74, 6) is -0.363. The van der Waals surface area contributed by atoms with Gasteiger partial charge in [0.05, 0.1) is 11.3 Å². The Balaban J connectivity index is 2.92. The molecule has 5 heteroatoms. The van der Waals surface area contributed by atoms with E-state index in [1.165, 1.54) is 6.20 Å². The molecule has 0 bridgehead atoms. The molecule has 1 N–H and O–H groups in total. The molecule has 0 atom stereocenters. The standard InChI is InChI=1S/C10H15N3O2/c1-7-11-6-8(10(14)15)9(12-7)4-5-13(2)3/h6H,4-5H2,1-3H3,(H,14,15). The maximum absolute atomic E-state index is 10.9. The van der Waals surface area contributed by atoms with Crippen molar-refractivity contribution < 1.29 is 9.90 Å². The number of aryl methyl sites for hydroxylation is 1. The molecule has 0 unspecified atom stereocenters. The molecule has 82 valence electrons. The maximum atomic E-state index is 10.9. The Bertz CT molecular complexity index is 364. The first kappa shape index (κ1) is 11.6. The number of aromatic carboxylic acids is 1. The summed E-state index contributed by atoms with van der Waals surface area (Å²) in [6.45, 7) is 2.53. The van der Waals surface area contributed by atoms with Gasteiger partial charge in [0.2, 0.25) is 0 Å². The van der Waals surface area contributed by atoms with Crippen LogP contribution in [0, 0.1) is 6.92 Å². The maximum Gasteiger partial charge on any atom is 0.339 e. The highest BCUT2D eigenvalue weighted by molar-refractivity contribution is 5.88. The number of carboxylic acids is 1. The largest absolute Gasteiger partial charge is 0.478 e. The molecule has 0 spiro atoms. The lowest BCUT2D eigenvalue weighted by molar-refractivity contribution is 0.0694. The van der Waals surface area contributed by atoms with Crippen molar-refractivity contribution in [3.8, 4) is 0 Å². The highest BCUT2D eigenvalue weighted by Crippen LogP contribution is 2.06. The zero-order valence-corrected chi connectivity index (χ0v) is 9.19. The minimum absolute atomic E-state index is 0.197. The molecule has 5 nitrogen and oxygen atoms in total. The number of carbonyl (C=O) groups is 1. The van der Waals surface area contributed by atoms with Gasteiger partial charge >= 0.3 is 5.97 Å². The topological polar surface area (TPSA) is 66.3 Å². The summed E-state index contributed by atoms with van der Waals surface area (Å²) in [6, 6.07) is 0. The monoisotopic (exact) mass is 209 g/mol. The summed E-state index contributed by atoms with van der Waals surface area (Å²) >= 11 is 0. The van der Waals surface area contributed by atoms with Gasteiger partial charge < -0.3 is 10.0 Å². The quantitative estimate of drug-likeness (QED) is 0.786. The number of rotatable bonds is 4. The molecule has 1 heterocycles. The van der Waals surface area contributed by atoms with Crippen molar-refractivity contribution in [2.45, 2.75) is 13.3 Å². The summed E-state index contributed by atoms with van der Waals surface area (Å²) in [5.41, 5.74) is 0.797. The van der Waals surface area contributed by atoms with Crippen LogP contribution in [0.15, 0.2) is 6.20 Å². The van der Waals surface area contributed by atoms with Crippen molar-refractivity contribution in [2.24, 2.45) is 0 Å². The Kier molecular flexibility index (Phi) is 3.74. The van der Waals surface area contributed by atoms with Crippen LogP contribution in [0.3, 0.4) is 0 Å². The van der Waals surface area contributed by atoms with E-state index in [9.17, 15) is 4.79 Å². The van der Waals surface area contributed by atoms with Crippen molar-refractivity contribution >= 4 is 5.97 Å². The number of carboxylic acid groups (broad SMARTS) is 1. The number of hydrogen-bond donors (Lipinski definition) is 1. The molecule has 0 radical (unpaired) electrons. The fourth-order valence-electron chi connectivity index (χ4n) is 1.22. The lowest BCUT2D eigenvalue weighted by Gasteiger charge is -2.10. The first-order valence-corrected chi connectivity index (χ1v) is 4.71. The highest BCUT2D eigenvalue weighted by Gasteiger charge is 2.12. The second-order valence-electron chi connectivity index (χ2n) is 3.64. The molecule has 0 saturated carbocycles. The van der Waals surface area contributed by atoms with E-state index in [0.29, 0.717) is 17.9 Å². The number of likely N-dealkylation sites (N-methyl/N-ethyl adjacent to an activating group) is 1. The fourth-order valence-corrected chi connectivity index (χ4v) is 1.22. The summed E-state index contributed by atoms with van der Waals surface area (Å²) < 4.78 is 0. The van der Waals surface area contributed by atoms with Crippen LogP contribution in [0.5, 0.6) is 0 Å². The summed E-state index contributed by atoms with van der Waals surface area (Å²) in [7, 11) is 3.88. The number of hydrogen-bond acceptors (Lipinski definition) is 4. The van der Waals surface area contributed by atoms with Gasteiger partial charge in [-0.1, -0.05) is 0 Å². The van der Waals surface area contributed by atoms with Gasteiger partial charge in [0.15, 0.2) is 0 Å². The van der Waals surface area contributed by atoms with Crippen LogP contribution in [0.2, 0.25) is 0 Å². The van der Waals surface area contributed by atoms with E-state index in [1.807, 2.05) is 19.0 Å². The fraction of sp³-hybridized carbons (Fsp3) is 0.500. The minimum Gasteiger partial charge on any atom is -0.478 e. The predicted molar refractivity (Wildman–Crippen MR) is 56.0 cm³/mol. The summed E-state index contributed by atoms with van der Waals surface area (Å²) in [4.78, 5) is 20.9. The molecular weight excluding hydrogens is 194 g/mol. The Morgan fingerprint density at radius 2 is 2.20 bits per heavy atom. The molecule has 0 aliphatic carbocycles. The lowest BCUT2D eigenvalue weighted by Crippen LogP contribution is -2.18. The number of aromatic nitrogens is 2. The van der Waals surface area contributed by atoms with Crippen LogP contribution in [0.1, 0.15) is 21.9 Å². The molecule has 0 amide bonds. The summed E-state index contributed by atoms with van der Waals surface area (Å²) in [5, 5.41) is 8.93. The van der Waals surface area contributed by atoms with E-state index in [1.54, 1.807) is 6.92 Å². The normalized spacial score (nSPS) is 10.7. The van der Waals surface area contributed by atoms with Crippen LogP contribution in [0.4, 0.5) is 0 Å². The van der Waals surface area contributed by atoms with Gasteiger partial charge in [0.1, 0.15) is 5.82 Å². The van der Waals surface area contributed by atoms with E-state index < -0.39 is 5.97 Å². The molecule has 0 fully saturated rings. The van der Waals surface area contributed by atoms with E-state index in [0.717, 1.165) is 6.54 Å². The van der Waals surface area contributed by atoms with Crippen LogP contribution in [0.25, 0.3) is 0 Å². The first-order chi connectivity index (χ1) is 7.00. The molecule has 0 saturated heterocycles. The Morgan fingerprint density at radius 1 is 1.53 bits per heavy atom. The van der Waals surface area contributed by atoms with Gasteiger partial charge in [0.25, 0.3) is 0 Å². The van der Waals surface area contributed by atoms with Gasteiger partial charge in [-0.05, 0) is 21.0 Å². The Hall–Kier alpha value is -1.49. The van der Waals surface area contributed by atoms with Crippen LogP contribution in [-0.4, -0.2) is 46.6 Å². The second-order valence-corrected chi connectivity index (χ2v) is 3.64. The molecule has 1 aromatic heterocycles. The van der Waals surface area contributed by atoms with E-state index in [-0.39, 0.29) is 5.56 Å². The number of nitrogens with zero attached hydrogens (tertiary/aromatic N) is 3. The third-order valence-corrected chi connectivity index (χ3v) is 2.01. The van der Waals surface area contributed by atoms with E-state index >= 15 is 0 Å². The molecule has 15 heavy (non-hydrogen) atoms. The van der Waals surface area contributed by atoms with Crippen LogP contribution < -0.4 is 0 Å². The Morgan fingerprint density at radius 3 is 2.73 bits per heavy atom. The molecule has 0 aliphatic heterocycles. The SMILES string of the molecule is Cc1ncc(C(=O)O)c(CCN(C)C)n1. The zero-order valence-electron chi connectivity index (χ0n) is 9.19. The van der Waals surface area contributed by atoms with E-state index in [4.69, 9.17) is 5.11 Å². The Labute approximate surface area is 88.8 Å². The van der Waals surface area contributed by atoms with E-state index in [2.05, 4.69) is 9.97 Å². The summed E-state index contributed by atoms with van der Waals surface area (Å²) in [6.07, 6.45) is 1.99. The third kappa shape index (κ3) is 3.28. The minimum atomic E-state index is -0.969. The van der Waals surface area contributed by atoms with Gasteiger partial charge in [0, 0.05) is 19.2 Å². The van der Waals surface area contributed by atoms with Gasteiger partial charge in [-0.2, -0.15) is 0 Å². The molecule has 0 aliphatic rings. The predicted octanol–water partition coefficient (Wildman–Crippen LogP) is 0.587. The van der Waals surface area contributed by atoms with Crippen molar-refractivity contribution in [3.63, 3.8) is 0 Å². The lowest BCUT2D eigenvalue weighted by atomic mass is 10.1. The zero-order chi connectivity index (χ0) is 11.4. The molecule has 1 aromatic rings. The van der Waals surface area contributed by atoms with Crippen molar-refractivity contribution in [1.29, 1.82) is 0 Å². The van der Waals surface area contributed by atoms with Crippen LogP contribution >= 0.6 is 0 Å². The highest BCUT2D eigenvalue weighted by atomic mass is 16.4. The van der Waals surface area contributed by atoms with Crippen molar-refractivity contribution in [1.82, 2.24) is 14.9 Å². The van der Waals surface area contributed by atoms with Crippen molar-refractivity contribution in [2.75, 3.05) is 20.6 Å². The molecule has 1 rings (SSSR count). The smallest absolute Gasteiger partial charge is 0.339 e. The average Bonchev–Trinajstić information content (AvgIpc) is 2.14. The second kappa shape index (κ2) is 4.84. The average molecular weight is 209 g/mol. The third-order valence-electron chi connectivity index (χ3n) is 2.01. The van der Waals surface area contributed by atoms with Crippen LogP contribution in [-0.2, 0) is 6.42 Å². The van der Waals surface area contributed by atoms with Gasteiger partial charge in [-0.25, -0.2) is 14.8 Å². The molecular formula is C10H15N3O2. The first-order valence-electron chi connectivity index (χ1n) is 4.71. The van der Waals surface area contributed by atoms with Crippen molar-refractivity contribution in [3.05, 3.63) is 23.3 Å². The molecule has 0 aromatic carbocycles. The van der Waals surface area contributed by atoms with Gasteiger partial charge in [-0.15, -0.1) is 0 Å². The van der Waals surface area contributed by atoms with Gasteiger partial charge in [-0.3, -0.25) is 0 Å².